The quantitative estimate of drug-likeness (QED) is 0.175. The highest BCUT2D eigenvalue weighted by atomic mass is 16.4. The molecular weight excluding hydrogens is 344 g/mol. The van der Waals surface area contributed by atoms with Gasteiger partial charge in [0.1, 0.15) is 0 Å². The van der Waals surface area contributed by atoms with E-state index in [-0.39, 0.29) is 0 Å². The minimum absolute atomic E-state index is 0.345. The first-order valence-electron chi connectivity index (χ1n) is 12.9. The minimum atomic E-state index is -0.649. The average molecular weight is 397 g/mol. The maximum absolute atomic E-state index is 10.5. The van der Waals surface area contributed by atoms with E-state index in [0.717, 1.165) is 18.8 Å². The average Bonchev–Trinajstić information content (AvgIpc) is 2.68. The first-order chi connectivity index (χ1) is 13.7. The van der Waals surface area contributed by atoms with Crippen molar-refractivity contribution in [3.05, 3.63) is 0 Å². The van der Waals surface area contributed by atoms with Crippen molar-refractivity contribution in [3.8, 4) is 0 Å². The van der Waals surface area contributed by atoms with E-state index in [0.29, 0.717) is 6.42 Å². The van der Waals surface area contributed by atoms with E-state index in [1.165, 1.54) is 122 Å². The zero-order valence-corrected chi connectivity index (χ0v) is 19.5. The first-order valence-corrected chi connectivity index (χ1v) is 12.9. The normalized spacial score (nSPS) is 12.4. The van der Waals surface area contributed by atoms with Crippen LogP contribution in [0, 0.1) is 5.92 Å². The fourth-order valence-corrected chi connectivity index (χ4v) is 4.26. The van der Waals surface area contributed by atoms with Crippen LogP contribution in [0.3, 0.4) is 0 Å². The van der Waals surface area contributed by atoms with E-state index >= 15 is 0 Å². The molecule has 0 amide bonds. The zero-order chi connectivity index (χ0) is 20.7. The van der Waals surface area contributed by atoms with Crippen molar-refractivity contribution >= 4 is 5.97 Å². The Hall–Kier alpha value is -0.530. The van der Waals surface area contributed by atoms with E-state index in [1.54, 1.807) is 0 Å². The molecule has 1 atom stereocenters. The van der Waals surface area contributed by atoms with E-state index in [9.17, 15) is 4.79 Å². The molecule has 2 heteroatoms. The molecule has 0 spiro atoms. The smallest absolute Gasteiger partial charge is 0.303 e. The first kappa shape index (κ1) is 27.5. The summed E-state index contributed by atoms with van der Waals surface area (Å²) in [6, 6.07) is 0. The van der Waals surface area contributed by atoms with Crippen molar-refractivity contribution in [1.29, 1.82) is 0 Å². The topological polar surface area (TPSA) is 37.3 Å². The Bertz CT molecular complexity index is 314. The zero-order valence-electron chi connectivity index (χ0n) is 19.5. The van der Waals surface area contributed by atoms with Gasteiger partial charge in [0.15, 0.2) is 0 Å². The van der Waals surface area contributed by atoms with E-state index in [1.807, 2.05) is 0 Å². The van der Waals surface area contributed by atoms with Crippen molar-refractivity contribution in [3.63, 3.8) is 0 Å². The molecule has 0 aromatic carbocycles. The van der Waals surface area contributed by atoms with Gasteiger partial charge in [-0.25, -0.2) is 0 Å². The summed E-state index contributed by atoms with van der Waals surface area (Å²) in [6.07, 6.45) is 29.0. The number of aliphatic carboxylic acids is 1. The summed E-state index contributed by atoms with van der Waals surface area (Å²) in [6.45, 7) is 4.62. The number of hydrogen-bond acceptors (Lipinski definition) is 1. The predicted octanol–water partition coefficient (Wildman–Crippen LogP) is 9.31. The summed E-state index contributed by atoms with van der Waals surface area (Å²) in [4.78, 5) is 10.5. The molecule has 28 heavy (non-hydrogen) atoms. The molecule has 0 aliphatic carbocycles. The van der Waals surface area contributed by atoms with Crippen molar-refractivity contribution in [2.75, 3.05) is 0 Å². The minimum Gasteiger partial charge on any atom is -0.481 e. The van der Waals surface area contributed by atoms with Crippen LogP contribution in [0.1, 0.15) is 155 Å². The lowest BCUT2D eigenvalue weighted by Gasteiger charge is -2.16. The molecule has 0 aromatic rings. The van der Waals surface area contributed by atoms with Gasteiger partial charge in [-0.15, -0.1) is 0 Å². The van der Waals surface area contributed by atoms with E-state index < -0.39 is 5.97 Å². The van der Waals surface area contributed by atoms with Crippen molar-refractivity contribution < 1.29 is 9.90 Å². The third-order valence-electron chi connectivity index (χ3n) is 6.18. The molecule has 0 bridgehead atoms. The number of unbranched alkanes of at least 4 members (excludes halogenated alkanes) is 15. The number of hydrogen-bond donors (Lipinski definition) is 1. The summed E-state index contributed by atoms with van der Waals surface area (Å²) in [5.74, 6) is 0.348. The van der Waals surface area contributed by atoms with Gasteiger partial charge in [-0.3, -0.25) is 4.79 Å². The van der Waals surface area contributed by atoms with Crippen LogP contribution in [-0.2, 0) is 4.79 Å². The molecule has 0 rings (SSSR count). The molecule has 0 aromatic heterocycles. The summed E-state index contributed by atoms with van der Waals surface area (Å²) in [7, 11) is 0. The van der Waals surface area contributed by atoms with Gasteiger partial charge in [-0.05, 0) is 12.3 Å². The second kappa shape index (κ2) is 22.8. The Morgan fingerprint density at radius 3 is 1.32 bits per heavy atom. The van der Waals surface area contributed by atoms with E-state index in [2.05, 4.69) is 13.8 Å². The van der Waals surface area contributed by atoms with Crippen molar-refractivity contribution in [1.82, 2.24) is 0 Å². The lowest BCUT2D eigenvalue weighted by Crippen LogP contribution is -2.01. The fraction of sp³-hybridized carbons (Fsp3) is 0.962. The maximum atomic E-state index is 10.5. The fourth-order valence-electron chi connectivity index (χ4n) is 4.26. The van der Waals surface area contributed by atoms with Gasteiger partial charge in [-0.1, -0.05) is 142 Å². The van der Waals surface area contributed by atoms with Crippen LogP contribution in [0.2, 0.25) is 0 Å². The van der Waals surface area contributed by atoms with Crippen molar-refractivity contribution in [2.24, 2.45) is 5.92 Å². The number of carboxylic acids is 1. The van der Waals surface area contributed by atoms with Crippen LogP contribution in [0.15, 0.2) is 0 Å². The summed E-state index contributed by atoms with van der Waals surface area (Å²) < 4.78 is 0. The van der Waals surface area contributed by atoms with Crippen molar-refractivity contribution in [2.45, 2.75) is 155 Å². The monoisotopic (exact) mass is 396 g/mol. The second-order valence-electron chi connectivity index (χ2n) is 9.03. The molecule has 1 N–H and O–H groups in total. The van der Waals surface area contributed by atoms with Crippen LogP contribution in [0.5, 0.6) is 0 Å². The lowest BCUT2D eigenvalue weighted by atomic mass is 9.90. The van der Waals surface area contributed by atoms with Gasteiger partial charge in [-0.2, -0.15) is 0 Å². The van der Waals surface area contributed by atoms with Gasteiger partial charge in [0.2, 0.25) is 0 Å². The largest absolute Gasteiger partial charge is 0.481 e. The van der Waals surface area contributed by atoms with Crippen LogP contribution in [-0.4, -0.2) is 11.1 Å². The molecule has 0 saturated carbocycles. The van der Waals surface area contributed by atoms with Crippen LogP contribution < -0.4 is 0 Å². The Morgan fingerprint density at radius 1 is 0.536 bits per heavy atom. The highest BCUT2D eigenvalue weighted by Crippen LogP contribution is 2.24. The number of rotatable bonds is 23. The van der Waals surface area contributed by atoms with Gasteiger partial charge in [0, 0.05) is 6.42 Å². The summed E-state index contributed by atoms with van der Waals surface area (Å²) in [5, 5.41) is 8.62. The Kier molecular flexibility index (Phi) is 22.3. The predicted molar refractivity (Wildman–Crippen MR) is 124 cm³/mol. The molecule has 2 nitrogen and oxygen atoms in total. The van der Waals surface area contributed by atoms with Crippen LogP contribution in [0.25, 0.3) is 0 Å². The molecule has 0 fully saturated rings. The number of carboxylic acid groups (broad SMARTS) is 1. The maximum Gasteiger partial charge on any atom is 0.303 e. The molecule has 0 heterocycles. The van der Waals surface area contributed by atoms with Gasteiger partial charge >= 0.3 is 5.97 Å². The summed E-state index contributed by atoms with van der Waals surface area (Å²) in [5.41, 5.74) is 0. The SMILES string of the molecule is CCCCCCCCC(CCCC)CCCCCCCCCCCCC(=O)O. The summed E-state index contributed by atoms with van der Waals surface area (Å²) >= 11 is 0. The Morgan fingerprint density at radius 2 is 0.893 bits per heavy atom. The van der Waals surface area contributed by atoms with Gasteiger partial charge < -0.3 is 5.11 Å². The molecule has 0 aliphatic rings. The lowest BCUT2D eigenvalue weighted by molar-refractivity contribution is -0.137. The molecule has 0 aliphatic heterocycles. The Balaban J connectivity index is 3.48. The standard InChI is InChI=1S/C26H52O2/c1-3-5-7-8-15-18-22-25(21-6-4-2)23-19-16-13-11-9-10-12-14-17-20-24-26(27)28/h25H,3-24H2,1-2H3,(H,27,28). The number of carbonyl (C=O) groups is 1. The van der Waals surface area contributed by atoms with Gasteiger partial charge in [0.25, 0.3) is 0 Å². The highest BCUT2D eigenvalue weighted by molar-refractivity contribution is 5.66. The molecule has 168 valence electrons. The van der Waals surface area contributed by atoms with Crippen LogP contribution >= 0.6 is 0 Å². The Labute approximate surface area is 177 Å². The third-order valence-corrected chi connectivity index (χ3v) is 6.18. The van der Waals surface area contributed by atoms with E-state index in [4.69, 9.17) is 5.11 Å². The van der Waals surface area contributed by atoms with Crippen LogP contribution in [0.4, 0.5) is 0 Å². The molecule has 0 saturated heterocycles. The highest BCUT2D eigenvalue weighted by Gasteiger charge is 2.08. The second-order valence-corrected chi connectivity index (χ2v) is 9.03. The molecular formula is C26H52O2. The third kappa shape index (κ3) is 21.8. The van der Waals surface area contributed by atoms with Gasteiger partial charge in [0.05, 0.1) is 0 Å². The molecule has 1 unspecified atom stereocenters. The molecule has 0 radical (unpaired) electrons.